The minimum Gasteiger partial charge on any atom is -0.872 e. The number of hydrogen-bond acceptors (Lipinski definition) is 4. The maximum atomic E-state index is 11.7. The molecule has 0 unspecified atom stereocenters. The molecule has 2 aromatic carbocycles. The smallest absolute Gasteiger partial charge is 0.872 e. The number of aryl methyl sites for hydroxylation is 1. The summed E-state index contributed by atoms with van der Waals surface area (Å²) in [7, 11) is -4.28. The van der Waals surface area contributed by atoms with E-state index in [4.69, 9.17) is 4.74 Å². The Morgan fingerprint density at radius 3 is 2.00 bits per heavy atom. The Labute approximate surface area is 196 Å². The maximum absolute atomic E-state index is 11.7. The summed E-state index contributed by atoms with van der Waals surface area (Å²) in [4.78, 5) is -0.0716. The van der Waals surface area contributed by atoms with Gasteiger partial charge in [0.2, 0.25) is 0 Å². The van der Waals surface area contributed by atoms with Crippen molar-refractivity contribution in [2.75, 3.05) is 0 Å². The molecule has 0 aromatic heterocycles. The van der Waals surface area contributed by atoms with E-state index in [9.17, 15) is 18.1 Å². The first-order valence-corrected chi connectivity index (χ1v) is 11.4. The molecular formula is C22H29NaO5S. The van der Waals surface area contributed by atoms with Crippen molar-refractivity contribution < 1.29 is 52.4 Å². The van der Waals surface area contributed by atoms with Gasteiger partial charge < -0.3 is 9.84 Å². The van der Waals surface area contributed by atoms with E-state index in [1.807, 2.05) is 0 Å². The zero-order valence-electron chi connectivity index (χ0n) is 17.4. The van der Waals surface area contributed by atoms with E-state index in [1.165, 1.54) is 56.4 Å². The summed E-state index contributed by atoms with van der Waals surface area (Å²) >= 11 is 0. The van der Waals surface area contributed by atoms with Crippen LogP contribution in [0.1, 0.15) is 63.9 Å². The van der Waals surface area contributed by atoms with Crippen LogP contribution < -0.4 is 39.4 Å². The molecule has 0 atom stereocenters. The molecule has 0 radical (unpaired) electrons. The largest absolute Gasteiger partial charge is 1.00 e. The van der Waals surface area contributed by atoms with Gasteiger partial charge in [0.15, 0.2) is 0 Å². The van der Waals surface area contributed by atoms with Crippen LogP contribution in [0.4, 0.5) is 0 Å². The van der Waals surface area contributed by atoms with Gasteiger partial charge in [-0.2, -0.15) is 8.42 Å². The molecule has 2 aromatic rings. The van der Waals surface area contributed by atoms with Gasteiger partial charge in [-0.3, -0.25) is 4.55 Å². The number of unbranched alkanes of at least 4 members (excludes halogenated alkanes) is 7. The minimum atomic E-state index is -4.28. The number of benzene rings is 2. The molecule has 0 amide bonds. The average Bonchev–Trinajstić information content (AvgIpc) is 2.65. The molecule has 1 N–H and O–H groups in total. The van der Waals surface area contributed by atoms with Gasteiger partial charge in [0.1, 0.15) is 11.5 Å². The molecule has 0 bridgehead atoms. The molecule has 0 aliphatic carbocycles. The van der Waals surface area contributed by atoms with Crippen LogP contribution in [0.3, 0.4) is 0 Å². The van der Waals surface area contributed by atoms with Crippen LogP contribution in [0, 0.1) is 0 Å². The van der Waals surface area contributed by atoms with Gasteiger partial charge in [-0.1, -0.05) is 64.0 Å². The second-order valence-electron chi connectivity index (χ2n) is 7.04. The second-order valence-corrected chi connectivity index (χ2v) is 8.43. The molecular weight excluding hydrogens is 399 g/mol. The molecule has 2 rings (SSSR count). The van der Waals surface area contributed by atoms with E-state index < -0.39 is 10.1 Å². The summed E-state index contributed by atoms with van der Waals surface area (Å²) in [6.07, 6.45) is 9.79. The van der Waals surface area contributed by atoms with Crippen molar-refractivity contribution in [2.45, 2.75) is 69.6 Å². The van der Waals surface area contributed by atoms with Gasteiger partial charge in [0.05, 0.1) is 4.90 Å². The molecule has 0 fully saturated rings. The quantitative estimate of drug-likeness (QED) is 0.319. The Morgan fingerprint density at radius 1 is 0.862 bits per heavy atom. The molecule has 5 nitrogen and oxygen atoms in total. The maximum Gasteiger partial charge on any atom is 1.00 e. The van der Waals surface area contributed by atoms with E-state index in [0.717, 1.165) is 19.3 Å². The summed E-state index contributed by atoms with van der Waals surface area (Å²) in [5.74, 6) is 0.863. The number of hydrogen-bond donors (Lipinski definition) is 1. The van der Waals surface area contributed by atoms with E-state index in [0.29, 0.717) is 23.5 Å². The topological polar surface area (TPSA) is 86.7 Å². The van der Waals surface area contributed by atoms with Crippen molar-refractivity contribution in [1.82, 2.24) is 0 Å². The van der Waals surface area contributed by atoms with Crippen LogP contribution in [0.25, 0.3) is 0 Å². The Kier molecular flexibility index (Phi) is 11.9. The fourth-order valence-electron chi connectivity index (χ4n) is 3.16. The minimum absolute atomic E-state index is 0. The predicted octanol–water partition coefficient (Wildman–Crippen LogP) is 2.49. The van der Waals surface area contributed by atoms with Crippen molar-refractivity contribution in [3.63, 3.8) is 0 Å². The normalized spacial score (nSPS) is 11.1. The van der Waals surface area contributed by atoms with Gasteiger partial charge >= 0.3 is 29.6 Å². The van der Waals surface area contributed by atoms with Crippen LogP contribution in [0.15, 0.2) is 47.4 Å². The van der Waals surface area contributed by atoms with E-state index in [1.54, 1.807) is 18.2 Å². The summed E-state index contributed by atoms with van der Waals surface area (Å²) in [5.41, 5.74) is 0.548. The predicted molar refractivity (Wildman–Crippen MR) is 109 cm³/mol. The first kappa shape index (κ1) is 26.0. The molecule has 29 heavy (non-hydrogen) atoms. The molecule has 7 heteroatoms. The van der Waals surface area contributed by atoms with Gasteiger partial charge in [-0.25, -0.2) is 0 Å². The van der Waals surface area contributed by atoms with Crippen LogP contribution in [0.2, 0.25) is 0 Å². The zero-order valence-corrected chi connectivity index (χ0v) is 20.2. The Morgan fingerprint density at radius 2 is 1.41 bits per heavy atom. The molecule has 154 valence electrons. The van der Waals surface area contributed by atoms with Crippen molar-refractivity contribution in [3.05, 3.63) is 48.0 Å². The summed E-state index contributed by atoms with van der Waals surface area (Å²) < 4.78 is 38.6. The molecule has 0 heterocycles. The fraction of sp³-hybridized carbons (Fsp3) is 0.455. The van der Waals surface area contributed by atoms with Gasteiger partial charge in [0, 0.05) is 0 Å². The Bertz CT molecular complexity index is 835. The van der Waals surface area contributed by atoms with Crippen LogP contribution in [-0.4, -0.2) is 13.0 Å². The van der Waals surface area contributed by atoms with Crippen molar-refractivity contribution in [1.29, 1.82) is 0 Å². The van der Waals surface area contributed by atoms with E-state index in [2.05, 4.69) is 6.92 Å². The number of rotatable bonds is 12. The van der Waals surface area contributed by atoms with Gasteiger partial charge in [-0.15, -0.1) is 5.75 Å². The van der Waals surface area contributed by atoms with E-state index >= 15 is 0 Å². The zero-order chi connectivity index (χ0) is 20.4. The molecule has 0 saturated heterocycles. The molecule has 0 saturated carbocycles. The van der Waals surface area contributed by atoms with Crippen LogP contribution in [-0.2, 0) is 16.5 Å². The molecule has 0 spiro atoms. The first-order chi connectivity index (χ1) is 13.4. The van der Waals surface area contributed by atoms with Crippen LogP contribution in [0.5, 0.6) is 17.2 Å². The second kappa shape index (κ2) is 13.3. The van der Waals surface area contributed by atoms with Gasteiger partial charge in [0.25, 0.3) is 10.1 Å². The summed E-state index contributed by atoms with van der Waals surface area (Å²) in [5, 5.41) is 11.2. The Hall–Kier alpha value is -1.05. The average molecular weight is 429 g/mol. The Balaban J connectivity index is 0.00000420. The van der Waals surface area contributed by atoms with Crippen molar-refractivity contribution in [3.8, 4) is 17.2 Å². The monoisotopic (exact) mass is 428 g/mol. The summed E-state index contributed by atoms with van der Waals surface area (Å²) in [6.45, 7) is 2.20. The van der Waals surface area contributed by atoms with Gasteiger partial charge in [-0.05, 0) is 48.7 Å². The standard InChI is InChI=1S/C22H30O5S.Na/c1-2-3-4-5-6-7-8-9-10-18-17-21(15-16-22(18)28(24,25)26)27-20-13-11-19(23)12-14-20;/h11-17,23H,2-10H2,1H3,(H,24,25,26);/q;+1/p-1. The fourth-order valence-corrected chi connectivity index (χ4v) is 3.89. The number of ether oxygens (including phenoxy) is 1. The van der Waals surface area contributed by atoms with Crippen molar-refractivity contribution >= 4 is 10.1 Å². The third-order valence-electron chi connectivity index (χ3n) is 4.67. The van der Waals surface area contributed by atoms with Crippen molar-refractivity contribution in [2.24, 2.45) is 0 Å². The first-order valence-electron chi connectivity index (χ1n) is 9.95. The third-order valence-corrected chi connectivity index (χ3v) is 5.62. The molecule has 0 aliphatic rings. The van der Waals surface area contributed by atoms with Crippen LogP contribution >= 0.6 is 0 Å². The summed E-state index contributed by atoms with van der Waals surface area (Å²) in [6, 6.07) is 10.5. The third kappa shape index (κ3) is 9.53. The SMILES string of the molecule is CCCCCCCCCCc1cc(Oc2ccc([O-])cc2)ccc1S(=O)(=O)O.[Na+]. The van der Waals surface area contributed by atoms with E-state index in [-0.39, 0.29) is 40.2 Å². The molecule has 0 aliphatic heterocycles.